The Balaban J connectivity index is 1.83. The van der Waals surface area contributed by atoms with Gasteiger partial charge in [-0.05, 0) is 31.5 Å². The Hall–Kier alpha value is -2.41. The van der Waals surface area contributed by atoms with Gasteiger partial charge in [-0.25, -0.2) is 8.42 Å². The molecule has 0 N–H and O–H groups in total. The molecule has 1 fully saturated rings. The van der Waals surface area contributed by atoms with Crippen molar-refractivity contribution in [2.45, 2.75) is 19.4 Å². The molecule has 1 unspecified atom stereocenters. The highest BCUT2D eigenvalue weighted by atomic mass is 32.2. The summed E-state index contributed by atoms with van der Waals surface area (Å²) < 4.78 is 23.4. The molecule has 1 saturated heterocycles. The van der Waals surface area contributed by atoms with E-state index in [9.17, 15) is 13.2 Å². The minimum atomic E-state index is -3.04. The number of rotatable bonds is 5. The number of pyridine rings is 1. The summed E-state index contributed by atoms with van der Waals surface area (Å²) in [5, 5.41) is 0. The van der Waals surface area contributed by atoms with Crippen LogP contribution in [0.25, 0.3) is 0 Å². The molecule has 1 aromatic carbocycles. The van der Waals surface area contributed by atoms with Crippen LogP contribution >= 0.6 is 0 Å². The molecule has 138 valence electrons. The third-order valence-electron chi connectivity index (χ3n) is 4.74. The third-order valence-corrected chi connectivity index (χ3v) is 6.49. The molecule has 1 atom stereocenters. The summed E-state index contributed by atoms with van der Waals surface area (Å²) >= 11 is 0. The molecule has 6 nitrogen and oxygen atoms in total. The molecule has 1 aliphatic heterocycles. The molecule has 3 rings (SSSR count). The van der Waals surface area contributed by atoms with E-state index in [-0.39, 0.29) is 23.5 Å². The first kappa shape index (κ1) is 18.4. The quantitative estimate of drug-likeness (QED) is 0.805. The van der Waals surface area contributed by atoms with Gasteiger partial charge in [0.25, 0.3) is 5.91 Å². The third kappa shape index (κ3) is 3.88. The number of amides is 1. The molecule has 0 spiro atoms. The average molecular weight is 373 g/mol. The lowest BCUT2D eigenvalue weighted by atomic mass is 10.1. The van der Waals surface area contributed by atoms with Crippen LogP contribution in [0.2, 0.25) is 0 Å². The first-order valence-corrected chi connectivity index (χ1v) is 10.5. The second-order valence-electron chi connectivity index (χ2n) is 6.48. The Bertz CT molecular complexity index is 884. The molecule has 0 aliphatic carbocycles. The molecule has 1 aliphatic rings. The number of para-hydroxylation sites is 1. The standard InChI is InChI=1S/C19H23N3O3S/c1-3-22(16-7-5-4-6-8-16)18-11-15(12-20-13-18)19(23)21(2)17-9-10-26(24,25)14-17/h4-8,11-13,17H,3,9-10,14H2,1-2H3. The minimum absolute atomic E-state index is 0.0352. The molecule has 7 heteroatoms. The Morgan fingerprint density at radius 3 is 2.54 bits per heavy atom. The summed E-state index contributed by atoms with van der Waals surface area (Å²) in [7, 11) is -1.37. The van der Waals surface area contributed by atoms with Crippen LogP contribution in [0, 0.1) is 0 Å². The van der Waals surface area contributed by atoms with Gasteiger partial charge in [0.05, 0.1) is 29.0 Å². The van der Waals surface area contributed by atoms with Crippen LogP contribution in [-0.2, 0) is 9.84 Å². The fourth-order valence-electron chi connectivity index (χ4n) is 3.26. The van der Waals surface area contributed by atoms with Gasteiger partial charge in [0.1, 0.15) is 0 Å². The van der Waals surface area contributed by atoms with Gasteiger partial charge < -0.3 is 9.80 Å². The topological polar surface area (TPSA) is 70.6 Å². The van der Waals surface area contributed by atoms with Crippen LogP contribution in [0.4, 0.5) is 11.4 Å². The van der Waals surface area contributed by atoms with E-state index in [1.165, 1.54) is 11.1 Å². The van der Waals surface area contributed by atoms with Crippen molar-refractivity contribution >= 4 is 27.1 Å². The summed E-state index contributed by atoms with van der Waals surface area (Å²) in [6.45, 7) is 2.77. The van der Waals surface area contributed by atoms with Crippen molar-refractivity contribution < 1.29 is 13.2 Å². The predicted octanol–water partition coefficient (Wildman–Crippen LogP) is 2.50. The second kappa shape index (κ2) is 7.45. The number of carbonyl (C=O) groups excluding carboxylic acids is 1. The Kier molecular flexibility index (Phi) is 5.27. The van der Waals surface area contributed by atoms with Gasteiger partial charge in [0.2, 0.25) is 0 Å². The number of hydrogen-bond donors (Lipinski definition) is 0. The lowest BCUT2D eigenvalue weighted by Gasteiger charge is -2.25. The Morgan fingerprint density at radius 2 is 1.92 bits per heavy atom. The van der Waals surface area contributed by atoms with Crippen molar-refractivity contribution in [2.75, 3.05) is 30.0 Å². The fourth-order valence-corrected chi connectivity index (χ4v) is 5.04. The summed E-state index contributed by atoms with van der Waals surface area (Å²) in [6, 6.07) is 11.4. The van der Waals surface area contributed by atoms with Gasteiger partial charge >= 0.3 is 0 Å². The van der Waals surface area contributed by atoms with Crippen LogP contribution in [0.1, 0.15) is 23.7 Å². The first-order chi connectivity index (χ1) is 12.4. The lowest BCUT2D eigenvalue weighted by molar-refractivity contribution is 0.0747. The van der Waals surface area contributed by atoms with Gasteiger partial charge in [-0.2, -0.15) is 0 Å². The number of nitrogens with zero attached hydrogens (tertiary/aromatic N) is 3. The van der Waals surface area contributed by atoms with E-state index in [1.807, 2.05) is 43.3 Å². The number of carbonyl (C=O) groups is 1. The van der Waals surface area contributed by atoms with Crippen molar-refractivity contribution in [2.24, 2.45) is 0 Å². The van der Waals surface area contributed by atoms with E-state index in [2.05, 4.69) is 9.88 Å². The Labute approximate surface area is 154 Å². The molecule has 0 bridgehead atoms. The summed E-state index contributed by atoms with van der Waals surface area (Å²) in [5.41, 5.74) is 2.32. The molecule has 2 aromatic rings. The van der Waals surface area contributed by atoms with Crippen LogP contribution in [0.5, 0.6) is 0 Å². The van der Waals surface area contributed by atoms with Crippen LogP contribution < -0.4 is 4.90 Å². The maximum Gasteiger partial charge on any atom is 0.255 e. The van der Waals surface area contributed by atoms with Gasteiger partial charge in [-0.1, -0.05) is 18.2 Å². The lowest BCUT2D eigenvalue weighted by Crippen LogP contribution is -2.38. The molecule has 26 heavy (non-hydrogen) atoms. The predicted molar refractivity (Wildman–Crippen MR) is 103 cm³/mol. The zero-order valence-corrected chi connectivity index (χ0v) is 15.8. The van der Waals surface area contributed by atoms with Crippen LogP contribution in [0.3, 0.4) is 0 Å². The Morgan fingerprint density at radius 1 is 1.19 bits per heavy atom. The van der Waals surface area contributed by atoms with Crippen molar-refractivity contribution in [1.29, 1.82) is 0 Å². The summed E-state index contributed by atoms with van der Waals surface area (Å²) in [5.74, 6) is -0.0240. The maximum absolute atomic E-state index is 12.8. The SMILES string of the molecule is CCN(c1ccccc1)c1cncc(C(=O)N(C)C2CCS(=O)(=O)C2)c1. The average Bonchev–Trinajstić information content (AvgIpc) is 3.02. The second-order valence-corrected chi connectivity index (χ2v) is 8.71. The zero-order chi connectivity index (χ0) is 18.7. The fraction of sp³-hybridized carbons (Fsp3) is 0.368. The van der Waals surface area contributed by atoms with E-state index in [0.717, 1.165) is 17.9 Å². The van der Waals surface area contributed by atoms with Gasteiger partial charge in [-0.3, -0.25) is 9.78 Å². The van der Waals surface area contributed by atoms with E-state index in [4.69, 9.17) is 0 Å². The highest BCUT2D eigenvalue weighted by Gasteiger charge is 2.33. The maximum atomic E-state index is 12.8. The van der Waals surface area contributed by atoms with Crippen molar-refractivity contribution in [3.8, 4) is 0 Å². The van der Waals surface area contributed by atoms with E-state index < -0.39 is 9.84 Å². The highest BCUT2D eigenvalue weighted by molar-refractivity contribution is 7.91. The zero-order valence-electron chi connectivity index (χ0n) is 15.0. The summed E-state index contributed by atoms with van der Waals surface area (Å²) in [6.07, 6.45) is 3.75. The molecule has 1 aromatic heterocycles. The van der Waals surface area contributed by atoms with Gasteiger partial charge in [-0.15, -0.1) is 0 Å². The van der Waals surface area contributed by atoms with Gasteiger partial charge in [0, 0.05) is 31.5 Å². The normalized spacial score (nSPS) is 18.5. The van der Waals surface area contributed by atoms with Crippen molar-refractivity contribution in [3.05, 3.63) is 54.4 Å². The number of sulfone groups is 1. The molecule has 1 amide bonds. The van der Waals surface area contributed by atoms with Gasteiger partial charge in [0.15, 0.2) is 9.84 Å². The molecule has 0 radical (unpaired) electrons. The smallest absolute Gasteiger partial charge is 0.255 e. The van der Waals surface area contributed by atoms with Crippen molar-refractivity contribution in [1.82, 2.24) is 9.88 Å². The molecule has 2 heterocycles. The highest BCUT2D eigenvalue weighted by Crippen LogP contribution is 2.26. The van der Waals surface area contributed by atoms with E-state index >= 15 is 0 Å². The monoisotopic (exact) mass is 373 g/mol. The summed E-state index contributed by atoms with van der Waals surface area (Å²) in [4.78, 5) is 20.7. The number of anilines is 2. The van der Waals surface area contributed by atoms with Crippen LogP contribution in [-0.4, -0.2) is 55.3 Å². The van der Waals surface area contributed by atoms with E-state index in [0.29, 0.717) is 12.0 Å². The number of hydrogen-bond acceptors (Lipinski definition) is 5. The van der Waals surface area contributed by atoms with E-state index in [1.54, 1.807) is 13.2 Å². The first-order valence-electron chi connectivity index (χ1n) is 8.66. The van der Waals surface area contributed by atoms with Crippen molar-refractivity contribution in [3.63, 3.8) is 0 Å². The van der Waals surface area contributed by atoms with Crippen LogP contribution in [0.15, 0.2) is 48.8 Å². The minimum Gasteiger partial charge on any atom is -0.340 e. The molecular formula is C19H23N3O3S. The number of aromatic nitrogens is 1. The number of benzene rings is 1. The molecule has 0 saturated carbocycles. The molecular weight excluding hydrogens is 350 g/mol. The largest absolute Gasteiger partial charge is 0.340 e.